The summed E-state index contributed by atoms with van der Waals surface area (Å²) < 4.78 is 54.7. The molecule has 2 rings (SSSR count). The van der Waals surface area contributed by atoms with E-state index in [0.29, 0.717) is 0 Å². The molecule has 0 aliphatic heterocycles. The van der Waals surface area contributed by atoms with E-state index in [2.05, 4.69) is 4.74 Å². The Balaban J connectivity index is 2.62. The van der Waals surface area contributed by atoms with E-state index in [1.807, 2.05) is 0 Å². The van der Waals surface area contributed by atoms with Gasteiger partial charge in [0, 0.05) is 5.56 Å². The monoisotopic (exact) mass is 330 g/mol. The lowest BCUT2D eigenvalue weighted by Gasteiger charge is -2.17. The maximum atomic E-state index is 13.5. The minimum atomic E-state index is -4.98. The molecular formula is C15H10F4O4. The third kappa shape index (κ3) is 3.98. The predicted octanol–water partition coefficient (Wildman–Crippen LogP) is 3.51. The number of aliphatic hydroxyl groups is 1. The van der Waals surface area contributed by atoms with Gasteiger partial charge in [0.25, 0.3) is 0 Å². The number of carbonyl (C=O) groups is 1. The topological polar surface area (TPSA) is 66.8 Å². The van der Waals surface area contributed by atoms with Crippen molar-refractivity contribution in [2.24, 2.45) is 0 Å². The molecule has 23 heavy (non-hydrogen) atoms. The van der Waals surface area contributed by atoms with Crippen LogP contribution in [0.4, 0.5) is 17.6 Å². The van der Waals surface area contributed by atoms with Crippen LogP contribution in [-0.2, 0) is 4.79 Å². The fourth-order valence-electron chi connectivity index (χ4n) is 2.04. The first-order valence-electron chi connectivity index (χ1n) is 6.24. The van der Waals surface area contributed by atoms with Crippen LogP contribution in [0.2, 0.25) is 0 Å². The first-order chi connectivity index (χ1) is 10.7. The molecule has 0 aromatic heterocycles. The normalized spacial score (nSPS) is 12.7. The van der Waals surface area contributed by atoms with E-state index in [-0.39, 0.29) is 16.7 Å². The van der Waals surface area contributed by atoms with Gasteiger partial charge in [-0.2, -0.15) is 0 Å². The highest BCUT2D eigenvalue weighted by Crippen LogP contribution is 2.37. The van der Waals surface area contributed by atoms with Gasteiger partial charge >= 0.3 is 12.3 Å². The summed E-state index contributed by atoms with van der Waals surface area (Å²) in [6, 6.07) is 7.59. The van der Waals surface area contributed by atoms with Gasteiger partial charge in [-0.1, -0.05) is 24.3 Å². The van der Waals surface area contributed by atoms with Crippen molar-refractivity contribution < 1.29 is 37.3 Å². The molecule has 0 saturated carbocycles. The summed E-state index contributed by atoms with van der Waals surface area (Å²) in [6.07, 6.45) is -7.00. The molecule has 0 radical (unpaired) electrons. The third-order valence-electron chi connectivity index (χ3n) is 2.95. The number of halogens is 4. The van der Waals surface area contributed by atoms with Crippen LogP contribution in [-0.4, -0.2) is 22.5 Å². The van der Waals surface area contributed by atoms with Gasteiger partial charge in [0.1, 0.15) is 11.6 Å². The highest BCUT2D eigenvalue weighted by Gasteiger charge is 2.32. The van der Waals surface area contributed by atoms with Crippen LogP contribution < -0.4 is 4.74 Å². The van der Waals surface area contributed by atoms with E-state index >= 15 is 0 Å². The van der Waals surface area contributed by atoms with E-state index in [1.165, 1.54) is 18.2 Å². The summed E-state index contributed by atoms with van der Waals surface area (Å²) in [5.74, 6) is -3.06. The first-order valence-corrected chi connectivity index (χ1v) is 6.24. The highest BCUT2D eigenvalue weighted by molar-refractivity contribution is 5.81. The average molecular weight is 330 g/mol. The van der Waals surface area contributed by atoms with E-state index in [9.17, 15) is 27.5 Å². The number of carboxylic acids is 1. The molecule has 0 aliphatic carbocycles. The standard InChI is InChI=1S/C15H10F4O4/c16-8-5-6-10(13(20)14(21)22)11(7-8)9-3-1-2-4-12(9)23-15(17,18)19/h1-7,13,20H,(H,21,22). The van der Waals surface area contributed by atoms with Crippen molar-refractivity contribution in [1.82, 2.24) is 0 Å². The molecule has 0 heterocycles. The number of rotatable bonds is 4. The van der Waals surface area contributed by atoms with Crippen molar-refractivity contribution in [3.63, 3.8) is 0 Å². The second kappa shape index (κ2) is 6.25. The Morgan fingerprint density at radius 1 is 1.09 bits per heavy atom. The second-order valence-corrected chi connectivity index (χ2v) is 4.52. The van der Waals surface area contributed by atoms with Crippen LogP contribution in [0, 0.1) is 5.82 Å². The molecule has 0 spiro atoms. The summed E-state index contributed by atoms with van der Waals surface area (Å²) in [4.78, 5) is 10.9. The fraction of sp³-hybridized carbons (Fsp3) is 0.133. The molecule has 122 valence electrons. The lowest BCUT2D eigenvalue weighted by Crippen LogP contribution is -2.18. The van der Waals surface area contributed by atoms with Gasteiger partial charge in [-0.3, -0.25) is 0 Å². The first kappa shape index (κ1) is 16.8. The largest absolute Gasteiger partial charge is 0.573 e. The van der Waals surface area contributed by atoms with Gasteiger partial charge in [-0.15, -0.1) is 13.2 Å². The number of para-hydroxylation sites is 1. The van der Waals surface area contributed by atoms with Crippen molar-refractivity contribution in [2.45, 2.75) is 12.5 Å². The average Bonchev–Trinajstić information content (AvgIpc) is 2.45. The lowest BCUT2D eigenvalue weighted by atomic mass is 9.95. The summed E-state index contributed by atoms with van der Waals surface area (Å²) in [6.45, 7) is 0. The molecule has 0 amide bonds. The van der Waals surface area contributed by atoms with Crippen LogP contribution >= 0.6 is 0 Å². The van der Waals surface area contributed by atoms with Crippen LogP contribution in [0.25, 0.3) is 11.1 Å². The molecule has 4 nitrogen and oxygen atoms in total. The molecular weight excluding hydrogens is 320 g/mol. The number of hydrogen-bond donors (Lipinski definition) is 2. The number of ether oxygens (including phenoxy) is 1. The highest BCUT2D eigenvalue weighted by atomic mass is 19.4. The number of benzene rings is 2. The minimum Gasteiger partial charge on any atom is -0.479 e. The van der Waals surface area contributed by atoms with Gasteiger partial charge < -0.3 is 14.9 Å². The van der Waals surface area contributed by atoms with Gasteiger partial charge in [0.15, 0.2) is 6.10 Å². The van der Waals surface area contributed by atoms with Gasteiger partial charge in [-0.05, 0) is 29.3 Å². The zero-order valence-electron chi connectivity index (χ0n) is 11.3. The maximum absolute atomic E-state index is 13.5. The molecule has 2 N–H and O–H groups in total. The molecule has 0 bridgehead atoms. The number of aliphatic hydroxyl groups excluding tert-OH is 1. The number of hydrogen-bond acceptors (Lipinski definition) is 3. The Hall–Kier alpha value is -2.61. The summed E-state index contributed by atoms with van der Waals surface area (Å²) in [7, 11) is 0. The molecule has 0 saturated heterocycles. The number of alkyl halides is 3. The lowest BCUT2D eigenvalue weighted by molar-refractivity contribution is -0.274. The number of aliphatic carboxylic acids is 1. The molecule has 0 fully saturated rings. The minimum absolute atomic E-state index is 0.195. The SMILES string of the molecule is O=C(O)C(O)c1ccc(F)cc1-c1ccccc1OC(F)(F)F. The van der Waals surface area contributed by atoms with Crippen molar-refractivity contribution in [3.8, 4) is 16.9 Å². The zero-order chi connectivity index (χ0) is 17.2. The summed E-state index contributed by atoms with van der Waals surface area (Å²) in [5.41, 5.74) is -0.656. The smallest absolute Gasteiger partial charge is 0.479 e. The van der Waals surface area contributed by atoms with Crippen LogP contribution in [0.15, 0.2) is 42.5 Å². The van der Waals surface area contributed by atoms with Gasteiger partial charge in [-0.25, -0.2) is 9.18 Å². The molecule has 1 atom stereocenters. The van der Waals surface area contributed by atoms with E-state index in [4.69, 9.17) is 5.11 Å². The van der Waals surface area contributed by atoms with Crippen LogP contribution in [0.3, 0.4) is 0 Å². The van der Waals surface area contributed by atoms with Crippen molar-refractivity contribution >= 4 is 5.97 Å². The molecule has 1 unspecified atom stereocenters. The van der Waals surface area contributed by atoms with E-state index < -0.39 is 30.0 Å². The Labute approximate surface area is 127 Å². The van der Waals surface area contributed by atoms with Crippen molar-refractivity contribution in [3.05, 3.63) is 53.8 Å². The Kier molecular flexibility index (Phi) is 4.55. The fourth-order valence-corrected chi connectivity index (χ4v) is 2.04. The van der Waals surface area contributed by atoms with Crippen molar-refractivity contribution in [2.75, 3.05) is 0 Å². The molecule has 2 aromatic carbocycles. The van der Waals surface area contributed by atoms with E-state index in [0.717, 1.165) is 24.3 Å². The molecule has 0 aliphatic rings. The Morgan fingerprint density at radius 3 is 2.35 bits per heavy atom. The quantitative estimate of drug-likeness (QED) is 0.842. The van der Waals surface area contributed by atoms with Gasteiger partial charge in [0.05, 0.1) is 0 Å². The van der Waals surface area contributed by atoms with E-state index in [1.54, 1.807) is 0 Å². The summed E-state index contributed by atoms with van der Waals surface area (Å²) in [5, 5.41) is 18.5. The van der Waals surface area contributed by atoms with Crippen LogP contribution in [0.1, 0.15) is 11.7 Å². The van der Waals surface area contributed by atoms with Gasteiger partial charge in [0.2, 0.25) is 0 Å². The maximum Gasteiger partial charge on any atom is 0.573 e. The van der Waals surface area contributed by atoms with Crippen molar-refractivity contribution in [1.29, 1.82) is 0 Å². The Bertz CT molecular complexity index is 728. The molecule has 8 heteroatoms. The van der Waals surface area contributed by atoms with Crippen LogP contribution in [0.5, 0.6) is 5.75 Å². The molecule has 2 aromatic rings. The second-order valence-electron chi connectivity index (χ2n) is 4.52. The number of carboxylic acid groups (broad SMARTS) is 1. The third-order valence-corrected chi connectivity index (χ3v) is 2.95. The zero-order valence-corrected chi connectivity index (χ0v) is 11.3. The summed E-state index contributed by atoms with van der Waals surface area (Å²) >= 11 is 0. The predicted molar refractivity (Wildman–Crippen MR) is 71.1 cm³/mol. The Morgan fingerprint density at radius 2 is 1.74 bits per heavy atom.